The number of rotatable bonds is 2. The zero-order chi connectivity index (χ0) is 13.2. The number of anilines is 1. The summed E-state index contributed by atoms with van der Waals surface area (Å²) in [6, 6.07) is 0. The zero-order valence-corrected chi connectivity index (χ0v) is 12.9. The molecule has 0 aromatic carbocycles. The molecule has 1 aliphatic heterocycles. The van der Waals surface area contributed by atoms with E-state index in [9.17, 15) is 0 Å². The number of hydrogen-bond acceptors (Lipinski definition) is 5. The van der Waals surface area contributed by atoms with Crippen molar-refractivity contribution in [3.05, 3.63) is 21.3 Å². The third-order valence-corrected chi connectivity index (χ3v) is 5.51. The summed E-state index contributed by atoms with van der Waals surface area (Å²) in [5.74, 6) is 0.721. The minimum Gasteiger partial charge on any atom is -0.378 e. The van der Waals surface area contributed by atoms with Gasteiger partial charge in [-0.1, -0.05) is 22.6 Å². The van der Waals surface area contributed by atoms with Crippen LogP contribution in [0.4, 0.5) is 10.7 Å². The third kappa shape index (κ3) is 2.33. The Bertz CT molecular complexity index is 612. The molecule has 0 bridgehead atoms. The van der Waals surface area contributed by atoms with Crippen LogP contribution in [0.2, 0.25) is 0 Å². The normalized spacial score (nSPS) is 15.5. The second-order valence-corrected chi connectivity index (χ2v) is 6.03. The number of nitrogens with one attached hydrogen (secondary N) is 1. The quantitative estimate of drug-likeness (QED) is 0.636. The van der Waals surface area contributed by atoms with Gasteiger partial charge >= 0.3 is 0 Å². The van der Waals surface area contributed by atoms with Crippen LogP contribution in [0.15, 0.2) is 6.33 Å². The van der Waals surface area contributed by atoms with E-state index in [1.165, 1.54) is 0 Å². The van der Waals surface area contributed by atoms with Gasteiger partial charge < -0.3 is 14.6 Å². The lowest BCUT2D eigenvalue weighted by atomic mass is 10.3. The van der Waals surface area contributed by atoms with Gasteiger partial charge in [0.05, 0.1) is 29.7 Å². The molecule has 6 nitrogen and oxygen atoms in total. The summed E-state index contributed by atoms with van der Waals surface area (Å²) in [4.78, 5) is 9.87. The Balaban J connectivity index is 2.05. The molecule has 1 saturated heterocycles. The molecule has 0 unspecified atom stereocenters. The van der Waals surface area contributed by atoms with E-state index in [2.05, 4.69) is 47.5 Å². The van der Waals surface area contributed by atoms with Gasteiger partial charge in [0, 0.05) is 16.7 Å². The smallest absolute Gasteiger partial charge is 0.234 e. The van der Waals surface area contributed by atoms with Crippen LogP contribution in [0, 0.1) is 10.1 Å². The number of aromatic amines is 1. The molecular formula is C11H10IN5OS. The molecule has 8 heteroatoms. The highest BCUT2D eigenvalue weighted by molar-refractivity contribution is 14.1. The topological polar surface area (TPSA) is 58.4 Å². The molecule has 1 fully saturated rings. The van der Waals surface area contributed by atoms with Crippen LogP contribution in [-0.4, -0.2) is 41.5 Å². The molecule has 1 aliphatic rings. The molecule has 0 atom stereocenters. The number of halogens is 1. The van der Waals surface area contributed by atoms with Crippen LogP contribution in [0.5, 0.6) is 0 Å². The van der Waals surface area contributed by atoms with Crippen LogP contribution in [0.1, 0.15) is 0 Å². The van der Waals surface area contributed by atoms with Crippen molar-refractivity contribution in [2.45, 2.75) is 0 Å². The van der Waals surface area contributed by atoms with Gasteiger partial charge in [-0.3, -0.25) is 0 Å². The number of morpholine rings is 1. The second kappa shape index (κ2) is 5.44. The molecule has 3 rings (SSSR count). The van der Waals surface area contributed by atoms with Gasteiger partial charge in [-0.05, 0) is 0 Å². The molecule has 3 heterocycles. The van der Waals surface area contributed by atoms with E-state index in [4.69, 9.17) is 11.3 Å². The second-order valence-electron chi connectivity index (χ2n) is 3.95. The maximum Gasteiger partial charge on any atom is 0.234 e. The summed E-state index contributed by atoms with van der Waals surface area (Å²) in [5, 5.41) is 8.85. The van der Waals surface area contributed by atoms with E-state index in [0.717, 1.165) is 32.4 Å². The van der Waals surface area contributed by atoms with E-state index in [1.54, 1.807) is 17.7 Å². The highest BCUT2D eigenvalue weighted by atomic mass is 127. The zero-order valence-electron chi connectivity index (χ0n) is 9.89. The molecule has 0 saturated carbocycles. The Hall–Kier alpha value is -1.18. The Morgan fingerprint density at radius 3 is 2.89 bits per heavy atom. The first-order chi connectivity index (χ1) is 9.31. The molecule has 0 spiro atoms. The lowest BCUT2D eigenvalue weighted by Crippen LogP contribution is -2.35. The number of aromatic nitrogens is 3. The first-order valence-corrected chi connectivity index (χ1v) is 7.59. The molecule has 0 aliphatic carbocycles. The molecule has 0 amide bonds. The van der Waals surface area contributed by atoms with Crippen molar-refractivity contribution in [3.63, 3.8) is 0 Å². The van der Waals surface area contributed by atoms with Crippen LogP contribution in [-0.2, 0) is 4.74 Å². The van der Waals surface area contributed by atoms with E-state index in [0.29, 0.717) is 18.9 Å². The number of thiophene rings is 1. The van der Waals surface area contributed by atoms with E-state index < -0.39 is 0 Å². The third-order valence-electron chi connectivity index (χ3n) is 2.85. The van der Waals surface area contributed by atoms with E-state index >= 15 is 0 Å². The standard InChI is InChI=1S/C11H10IN5OS/c1-13-8-7(12)9(10-14-6-15-16-10)19-11(8)17-2-4-18-5-3-17/h6H,2-5H2,(H,14,15,16). The van der Waals surface area contributed by atoms with Crippen LogP contribution >= 0.6 is 33.9 Å². The van der Waals surface area contributed by atoms with Crippen molar-refractivity contribution in [3.8, 4) is 10.7 Å². The summed E-state index contributed by atoms with van der Waals surface area (Å²) in [6.45, 7) is 10.5. The fourth-order valence-electron chi connectivity index (χ4n) is 1.94. The maximum absolute atomic E-state index is 7.41. The maximum atomic E-state index is 7.41. The molecule has 98 valence electrons. The Morgan fingerprint density at radius 1 is 1.47 bits per heavy atom. The molecule has 2 aromatic rings. The lowest BCUT2D eigenvalue weighted by Gasteiger charge is -2.28. The SMILES string of the molecule is [C-]#[N+]c1c(N2CCOCC2)sc(-c2nnc[nH]2)c1I. The first-order valence-electron chi connectivity index (χ1n) is 5.70. The predicted octanol–water partition coefficient (Wildman–Crippen LogP) is 2.53. The van der Waals surface area contributed by atoms with Crippen molar-refractivity contribution in [2.75, 3.05) is 31.2 Å². The Morgan fingerprint density at radius 2 is 2.26 bits per heavy atom. The van der Waals surface area contributed by atoms with Crippen LogP contribution in [0.3, 0.4) is 0 Å². The molecule has 0 radical (unpaired) electrons. The lowest BCUT2D eigenvalue weighted by molar-refractivity contribution is 0.123. The molecule has 2 aromatic heterocycles. The van der Waals surface area contributed by atoms with Gasteiger partial charge in [-0.15, -0.1) is 21.5 Å². The fourth-order valence-corrected chi connectivity index (χ4v) is 4.21. The predicted molar refractivity (Wildman–Crippen MR) is 81.7 cm³/mol. The van der Waals surface area contributed by atoms with E-state index in [-0.39, 0.29) is 0 Å². The number of hydrogen-bond donors (Lipinski definition) is 1. The average Bonchev–Trinajstić information content (AvgIpc) is 3.07. The monoisotopic (exact) mass is 387 g/mol. The van der Waals surface area contributed by atoms with Gasteiger partial charge in [-0.2, -0.15) is 0 Å². The summed E-state index contributed by atoms with van der Waals surface area (Å²) < 4.78 is 6.30. The fraction of sp³-hybridized carbons (Fsp3) is 0.364. The summed E-state index contributed by atoms with van der Waals surface area (Å²) in [5.41, 5.74) is 0.707. The van der Waals surface area contributed by atoms with Crippen molar-refractivity contribution in [1.82, 2.24) is 15.2 Å². The highest BCUT2D eigenvalue weighted by Gasteiger charge is 2.24. The largest absolute Gasteiger partial charge is 0.378 e. The molecule has 19 heavy (non-hydrogen) atoms. The summed E-state index contributed by atoms with van der Waals surface area (Å²) >= 11 is 3.80. The van der Waals surface area contributed by atoms with Crippen LogP contribution in [0.25, 0.3) is 15.5 Å². The van der Waals surface area contributed by atoms with Crippen molar-refractivity contribution in [2.24, 2.45) is 0 Å². The van der Waals surface area contributed by atoms with Gasteiger partial charge in [0.2, 0.25) is 5.69 Å². The average molecular weight is 387 g/mol. The van der Waals surface area contributed by atoms with Gasteiger partial charge in [-0.25, -0.2) is 4.85 Å². The number of nitrogens with zero attached hydrogens (tertiary/aromatic N) is 4. The van der Waals surface area contributed by atoms with Crippen molar-refractivity contribution < 1.29 is 4.74 Å². The molecular weight excluding hydrogens is 377 g/mol. The summed E-state index contributed by atoms with van der Waals surface area (Å²) in [7, 11) is 0. The van der Waals surface area contributed by atoms with Gasteiger partial charge in [0.25, 0.3) is 0 Å². The first kappa shape index (κ1) is 12.8. The number of H-pyrrole nitrogens is 1. The molecule has 1 N–H and O–H groups in total. The minimum atomic E-state index is 0.707. The highest BCUT2D eigenvalue weighted by Crippen LogP contribution is 2.47. The van der Waals surface area contributed by atoms with Crippen LogP contribution < -0.4 is 4.90 Å². The summed E-state index contributed by atoms with van der Waals surface area (Å²) in [6.07, 6.45) is 1.55. The van der Waals surface area contributed by atoms with Crippen molar-refractivity contribution >= 4 is 44.6 Å². The van der Waals surface area contributed by atoms with Gasteiger partial charge in [0.1, 0.15) is 6.33 Å². The minimum absolute atomic E-state index is 0.707. The Labute approximate surface area is 127 Å². The number of ether oxygens (including phenoxy) is 1. The van der Waals surface area contributed by atoms with E-state index in [1.807, 2.05) is 0 Å². The van der Waals surface area contributed by atoms with Gasteiger partial charge in [0.15, 0.2) is 5.82 Å². The Kier molecular flexibility index (Phi) is 3.67. The van der Waals surface area contributed by atoms with Crippen molar-refractivity contribution in [1.29, 1.82) is 0 Å².